The maximum atomic E-state index is 12.6. The van der Waals surface area contributed by atoms with Crippen LogP contribution in [0.2, 0.25) is 5.02 Å². The number of nitrogens with zero attached hydrogens (tertiary/aromatic N) is 3. The first kappa shape index (κ1) is 22.4. The summed E-state index contributed by atoms with van der Waals surface area (Å²) < 4.78 is 26.2. The first-order valence-electron chi connectivity index (χ1n) is 9.20. The van der Waals surface area contributed by atoms with E-state index >= 15 is 0 Å². The van der Waals surface area contributed by atoms with Gasteiger partial charge in [-0.25, -0.2) is 8.42 Å². The predicted octanol–water partition coefficient (Wildman–Crippen LogP) is 3.02. The van der Waals surface area contributed by atoms with Crippen molar-refractivity contribution in [2.45, 2.75) is 4.90 Å². The van der Waals surface area contributed by atoms with E-state index in [1.165, 1.54) is 31.3 Å². The Labute approximate surface area is 185 Å². The molecule has 1 saturated heterocycles. The number of amides is 1. The minimum absolute atomic E-state index is 0.0175. The van der Waals surface area contributed by atoms with Crippen molar-refractivity contribution >= 4 is 50.7 Å². The highest BCUT2D eigenvalue weighted by molar-refractivity contribution is 7.99. The number of halogens is 1. The van der Waals surface area contributed by atoms with E-state index in [0.717, 1.165) is 34.6 Å². The summed E-state index contributed by atoms with van der Waals surface area (Å²) in [6.45, 7) is 1.49. The molecular formula is C20H21ClN4O3S2. The standard InChI is InChI=1S/C20H21ClN4O3S2/c1-24(30(27,28)17-5-2-15(13-22)3-6-17)14-20(26)23-16-4-7-19(18(21)12-16)25-8-10-29-11-9-25/h2-7,12H,8-11,14H2,1H3,(H,23,26). The number of hydrogen-bond acceptors (Lipinski definition) is 6. The number of carbonyl (C=O) groups excluding carboxylic acids is 1. The first-order valence-corrected chi connectivity index (χ1v) is 12.2. The SMILES string of the molecule is CN(CC(=O)Nc1ccc(N2CCSCC2)c(Cl)c1)S(=O)(=O)c1ccc(C#N)cc1. The first-order chi connectivity index (χ1) is 14.3. The molecule has 0 atom stereocenters. The second-order valence-corrected chi connectivity index (χ2v) is 10.4. The monoisotopic (exact) mass is 464 g/mol. The van der Waals surface area contributed by atoms with E-state index in [-0.39, 0.29) is 11.4 Å². The fraction of sp³-hybridized carbons (Fsp3) is 0.300. The topological polar surface area (TPSA) is 93.5 Å². The van der Waals surface area contributed by atoms with E-state index in [1.54, 1.807) is 12.1 Å². The minimum atomic E-state index is -3.85. The van der Waals surface area contributed by atoms with Crippen LogP contribution in [0.15, 0.2) is 47.4 Å². The molecule has 1 amide bonds. The smallest absolute Gasteiger partial charge is 0.243 e. The van der Waals surface area contributed by atoms with Gasteiger partial charge < -0.3 is 10.2 Å². The van der Waals surface area contributed by atoms with E-state index < -0.39 is 15.9 Å². The number of thioether (sulfide) groups is 1. The third-order valence-electron chi connectivity index (χ3n) is 4.64. The number of rotatable bonds is 6. The summed E-state index contributed by atoms with van der Waals surface area (Å²) in [6.07, 6.45) is 0. The van der Waals surface area contributed by atoms with Crippen LogP contribution in [-0.4, -0.2) is 56.8 Å². The van der Waals surface area contributed by atoms with Crippen LogP contribution >= 0.6 is 23.4 Å². The number of sulfonamides is 1. The molecule has 0 saturated carbocycles. The Morgan fingerprint density at radius 1 is 1.23 bits per heavy atom. The summed E-state index contributed by atoms with van der Waals surface area (Å²) in [4.78, 5) is 14.6. The largest absolute Gasteiger partial charge is 0.369 e. The lowest BCUT2D eigenvalue weighted by Crippen LogP contribution is -2.35. The molecule has 1 aliphatic rings. The molecule has 1 N–H and O–H groups in total. The molecule has 158 valence electrons. The van der Waals surface area contributed by atoms with Gasteiger partial charge in [-0.05, 0) is 42.5 Å². The fourth-order valence-electron chi connectivity index (χ4n) is 3.01. The molecular weight excluding hydrogens is 444 g/mol. The molecule has 0 aromatic heterocycles. The Kier molecular flexibility index (Phi) is 7.26. The molecule has 0 bridgehead atoms. The van der Waals surface area contributed by atoms with Gasteiger partial charge in [0.15, 0.2) is 0 Å². The quantitative estimate of drug-likeness (QED) is 0.706. The number of nitrogens with one attached hydrogen (secondary N) is 1. The summed E-state index contributed by atoms with van der Waals surface area (Å²) in [6, 6.07) is 12.8. The van der Waals surface area contributed by atoms with Crippen LogP contribution in [0.3, 0.4) is 0 Å². The van der Waals surface area contributed by atoms with Gasteiger partial charge >= 0.3 is 0 Å². The van der Waals surface area contributed by atoms with Crippen molar-refractivity contribution in [2.24, 2.45) is 0 Å². The predicted molar refractivity (Wildman–Crippen MR) is 121 cm³/mol. The average molecular weight is 465 g/mol. The van der Waals surface area contributed by atoms with Crippen LogP contribution < -0.4 is 10.2 Å². The van der Waals surface area contributed by atoms with Gasteiger partial charge in [0.2, 0.25) is 15.9 Å². The lowest BCUT2D eigenvalue weighted by atomic mass is 10.2. The normalized spacial score (nSPS) is 14.4. The van der Waals surface area contributed by atoms with Crippen molar-refractivity contribution in [1.29, 1.82) is 5.26 Å². The van der Waals surface area contributed by atoms with Gasteiger partial charge in [0.1, 0.15) is 0 Å². The zero-order valence-electron chi connectivity index (χ0n) is 16.3. The number of anilines is 2. The van der Waals surface area contributed by atoms with Gasteiger partial charge in [0, 0.05) is 37.3 Å². The molecule has 1 fully saturated rings. The number of benzene rings is 2. The van der Waals surface area contributed by atoms with Crippen molar-refractivity contribution < 1.29 is 13.2 Å². The van der Waals surface area contributed by atoms with Gasteiger partial charge in [-0.3, -0.25) is 4.79 Å². The van der Waals surface area contributed by atoms with Crippen molar-refractivity contribution in [2.75, 3.05) is 48.4 Å². The van der Waals surface area contributed by atoms with E-state index in [9.17, 15) is 13.2 Å². The highest BCUT2D eigenvalue weighted by Crippen LogP contribution is 2.30. The van der Waals surface area contributed by atoms with Crippen LogP contribution in [0.1, 0.15) is 5.56 Å². The van der Waals surface area contributed by atoms with Gasteiger partial charge in [0.25, 0.3) is 0 Å². The second-order valence-electron chi connectivity index (χ2n) is 6.71. The average Bonchev–Trinajstić information content (AvgIpc) is 2.74. The lowest BCUT2D eigenvalue weighted by Gasteiger charge is -2.29. The lowest BCUT2D eigenvalue weighted by molar-refractivity contribution is -0.116. The number of likely N-dealkylation sites (N-methyl/N-ethyl adjacent to an activating group) is 1. The van der Waals surface area contributed by atoms with E-state index in [4.69, 9.17) is 16.9 Å². The van der Waals surface area contributed by atoms with E-state index in [1.807, 2.05) is 23.9 Å². The summed E-state index contributed by atoms with van der Waals surface area (Å²) in [5, 5.41) is 12.1. The van der Waals surface area contributed by atoms with Gasteiger partial charge in [-0.2, -0.15) is 21.3 Å². The molecule has 0 aliphatic carbocycles. The van der Waals surface area contributed by atoms with E-state index in [0.29, 0.717) is 16.3 Å². The van der Waals surface area contributed by atoms with Crippen molar-refractivity contribution in [3.05, 3.63) is 53.1 Å². The Balaban J connectivity index is 1.64. The van der Waals surface area contributed by atoms with Gasteiger partial charge in [0.05, 0.1) is 33.8 Å². The Morgan fingerprint density at radius 3 is 2.50 bits per heavy atom. The molecule has 7 nitrogen and oxygen atoms in total. The second kappa shape index (κ2) is 9.71. The summed E-state index contributed by atoms with van der Waals surface area (Å²) in [5.41, 5.74) is 1.79. The molecule has 3 rings (SSSR count). The maximum Gasteiger partial charge on any atom is 0.243 e. The number of nitriles is 1. The highest BCUT2D eigenvalue weighted by Gasteiger charge is 2.23. The number of carbonyl (C=O) groups is 1. The van der Waals surface area contributed by atoms with Crippen LogP contribution in [0.4, 0.5) is 11.4 Å². The Hall–Kier alpha value is -2.25. The Bertz CT molecular complexity index is 1060. The molecule has 0 spiro atoms. The number of hydrogen-bond donors (Lipinski definition) is 1. The van der Waals surface area contributed by atoms with Crippen LogP contribution in [0, 0.1) is 11.3 Å². The zero-order valence-corrected chi connectivity index (χ0v) is 18.7. The minimum Gasteiger partial charge on any atom is -0.369 e. The van der Waals surface area contributed by atoms with E-state index in [2.05, 4.69) is 10.2 Å². The third-order valence-corrected chi connectivity index (χ3v) is 7.70. The van der Waals surface area contributed by atoms with Gasteiger partial charge in [-0.1, -0.05) is 11.6 Å². The van der Waals surface area contributed by atoms with Crippen molar-refractivity contribution in [1.82, 2.24) is 4.31 Å². The summed E-state index contributed by atoms with van der Waals surface area (Å²) in [5.74, 6) is 1.62. The molecule has 10 heteroatoms. The molecule has 1 heterocycles. The van der Waals surface area contributed by atoms with Crippen molar-refractivity contribution in [3.63, 3.8) is 0 Å². The third kappa shape index (κ3) is 5.26. The zero-order chi connectivity index (χ0) is 21.7. The summed E-state index contributed by atoms with van der Waals surface area (Å²) in [7, 11) is -2.52. The van der Waals surface area contributed by atoms with Crippen LogP contribution in [0.5, 0.6) is 0 Å². The highest BCUT2D eigenvalue weighted by atomic mass is 35.5. The summed E-state index contributed by atoms with van der Waals surface area (Å²) >= 11 is 8.31. The molecule has 2 aromatic carbocycles. The van der Waals surface area contributed by atoms with Crippen molar-refractivity contribution in [3.8, 4) is 6.07 Å². The molecule has 30 heavy (non-hydrogen) atoms. The van der Waals surface area contributed by atoms with Gasteiger partial charge in [-0.15, -0.1) is 0 Å². The molecule has 0 unspecified atom stereocenters. The molecule has 1 aliphatic heterocycles. The fourth-order valence-corrected chi connectivity index (χ4v) is 5.34. The Morgan fingerprint density at radius 2 is 1.90 bits per heavy atom. The van der Waals surface area contributed by atoms with Crippen LogP contribution in [0.25, 0.3) is 0 Å². The van der Waals surface area contributed by atoms with Crippen LogP contribution in [-0.2, 0) is 14.8 Å². The maximum absolute atomic E-state index is 12.6. The molecule has 0 radical (unpaired) electrons. The molecule has 2 aromatic rings.